The summed E-state index contributed by atoms with van der Waals surface area (Å²) >= 11 is 0. The zero-order chi connectivity index (χ0) is 22.3. The molecule has 0 spiro atoms. The molecule has 0 bridgehead atoms. The molecule has 2 aromatic rings. The molecule has 0 aliphatic carbocycles. The Balaban J connectivity index is 1.63. The number of benzene rings is 1. The number of rotatable bonds is 6. The first-order valence-corrected chi connectivity index (χ1v) is 10.0. The Hall–Kier alpha value is -2.80. The van der Waals surface area contributed by atoms with Crippen molar-refractivity contribution in [3.05, 3.63) is 53.0 Å². The SMILES string of the molecule is Cc1ccc(C2(C)NC(=O)N(CC(O)COc3ccc(C(C)(C)C)cc3C)C2=O)o1. The van der Waals surface area contributed by atoms with Crippen LogP contribution in [0.3, 0.4) is 0 Å². The van der Waals surface area contributed by atoms with Crippen LogP contribution in [0, 0.1) is 13.8 Å². The fourth-order valence-electron chi connectivity index (χ4n) is 3.46. The number of aliphatic hydroxyl groups excluding tert-OH is 1. The van der Waals surface area contributed by atoms with Crippen LogP contribution in [0.1, 0.15) is 50.3 Å². The lowest BCUT2D eigenvalue weighted by molar-refractivity contribution is -0.132. The zero-order valence-corrected chi connectivity index (χ0v) is 18.4. The molecule has 0 radical (unpaired) electrons. The summed E-state index contributed by atoms with van der Waals surface area (Å²) in [4.78, 5) is 26.3. The normalized spacial score (nSPS) is 20.4. The minimum Gasteiger partial charge on any atom is -0.491 e. The van der Waals surface area contributed by atoms with E-state index in [0.717, 1.165) is 10.5 Å². The number of nitrogens with zero attached hydrogens (tertiary/aromatic N) is 1. The Morgan fingerprint density at radius 1 is 1.20 bits per heavy atom. The molecule has 7 nitrogen and oxygen atoms in total. The molecule has 2 N–H and O–H groups in total. The van der Waals surface area contributed by atoms with Crippen LogP contribution < -0.4 is 10.1 Å². The van der Waals surface area contributed by atoms with E-state index in [4.69, 9.17) is 9.15 Å². The van der Waals surface area contributed by atoms with Crippen molar-refractivity contribution >= 4 is 11.9 Å². The van der Waals surface area contributed by atoms with E-state index in [9.17, 15) is 14.7 Å². The van der Waals surface area contributed by atoms with Gasteiger partial charge in [0.15, 0.2) is 5.54 Å². The molecule has 7 heteroatoms. The maximum atomic E-state index is 12.9. The standard InChI is InChI=1S/C23H30N2O5/c1-14-11-16(22(3,4)5)8-9-18(14)29-13-17(26)12-25-20(27)23(6,24-21(25)28)19-10-7-15(2)30-19/h7-11,17,26H,12-13H2,1-6H3,(H,24,28). The van der Waals surface area contributed by atoms with Gasteiger partial charge in [0, 0.05) is 0 Å². The summed E-state index contributed by atoms with van der Waals surface area (Å²) in [7, 11) is 0. The molecule has 2 heterocycles. The van der Waals surface area contributed by atoms with Gasteiger partial charge in [-0.15, -0.1) is 0 Å². The van der Waals surface area contributed by atoms with Crippen LogP contribution in [0.4, 0.5) is 4.79 Å². The van der Waals surface area contributed by atoms with E-state index in [1.54, 1.807) is 26.0 Å². The molecular formula is C23H30N2O5. The van der Waals surface area contributed by atoms with Crippen LogP contribution in [0.15, 0.2) is 34.7 Å². The first kappa shape index (κ1) is 21.9. The van der Waals surface area contributed by atoms with Crippen LogP contribution in [0.5, 0.6) is 5.75 Å². The number of carbonyl (C=O) groups is 2. The van der Waals surface area contributed by atoms with Crippen LogP contribution in [0.25, 0.3) is 0 Å². The smallest absolute Gasteiger partial charge is 0.325 e. The van der Waals surface area contributed by atoms with Gasteiger partial charge >= 0.3 is 6.03 Å². The van der Waals surface area contributed by atoms with Crippen molar-refractivity contribution in [3.8, 4) is 5.75 Å². The number of nitrogens with one attached hydrogen (secondary N) is 1. The van der Waals surface area contributed by atoms with Gasteiger partial charge in [-0.05, 0) is 55.5 Å². The predicted molar refractivity (Wildman–Crippen MR) is 112 cm³/mol. The van der Waals surface area contributed by atoms with E-state index in [1.165, 1.54) is 5.56 Å². The van der Waals surface area contributed by atoms with Gasteiger partial charge in [0.05, 0.1) is 6.54 Å². The Labute approximate surface area is 177 Å². The largest absolute Gasteiger partial charge is 0.491 e. The van der Waals surface area contributed by atoms with E-state index in [1.807, 2.05) is 19.1 Å². The topological polar surface area (TPSA) is 92.0 Å². The lowest BCUT2D eigenvalue weighted by Gasteiger charge is -2.22. The molecule has 3 rings (SSSR count). The maximum Gasteiger partial charge on any atom is 0.325 e. The van der Waals surface area contributed by atoms with Crippen LogP contribution in [0.2, 0.25) is 0 Å². The number of imide groups is 1. The third-order valence-corrected chi connectivity index (χ3v) is 5.37. The van der Waals surface area contributed by atoms with Gasteiger partial charge in [-0.3, -0.25) is 9.69 Å². The molecule has 1 fully saturated rings. The number of hydrogen-bond donors (Lipinski definition) is 2. The zero-order valence-electron chi connectivity index (χ0n) is 18.4. The monoisotopic (exact) mass is 414 g/mol. The fourth-order valence-corrected chi connectivity index (χ4v) is 3.46. The van der Waals surface area contributed by atoms with Crippen molar-refractivity contribution in [3.63, 3.8) is 0 Å². The number of ether oxygens (including phenoxy) is 1. The van der Waals surface area contributed by atoms with Crippen molar-refractivity contribution in [1.29, 1.82) is 0 Å². The quantitative estimate of drug-likeness (QED) is 0.707. The molecule has 1 aliphatic rings. The fraction of sp³-hybridized carbons (Fsp3) is 0.478. The summed E-state index contributed by atoms with van der Waals surface area (Å²) in [6, 6.07) is 8.78. The van der Waals surface area contributed by atoms with Gasteiger partial charge in [-0.25, -0.2) is 4.79 Å². The molecular weight excluding hydrogens is 384 g/mol. The highest BCUT2D eigenvalue weighted by atomic mass is 16.5. The van der Waals surface area contributed by atoms with E-state index in [0.29, 0.717) is 17.3 Å². The molecule has 30 heavy (non-hydrogen) atoms. The van der Waals surface area contributed by atoms with Gasteiger partial charge in [0.25, 0.3) is 5.91 Å². The summed E-state index contributed by atoms with van der Waals surface area (Å²) < 4.78 is 11.3. The molecule has 0 saturated carbocycles. The molecule has 1 saturated heterocycles. The summed E-state index contributed by atoms with van der Waals surface area (Å²) in [5, 5.41) is 13.1. The Bertz CT molecular complexity index is 959. The second-order valence-electron chi connectivity index (χ2n) is 9.08. The average molecular weight is 415 g/mol. The number of hydrogen-bond acceptors (Lipinski definition) is 5. The number of carbonyl (C=O) groups excluding carboxylic acids is 2. The third-order valence-electron chi connectivity index (χ3n) is 5.37. The van der Waals surface area contributed by atoms with Gasteiger partial charge < -0.3 is 19.6 Å². The molecule has 1 aliphatic heterocycles. The third kappa shape index (κ3) is 4.21. The number of aliphatic hydroxyl groups is 1. The van der Waals surface area contributed by atoms with Gasteiger partial charge in [0.1, 0.15) is 30.0 Å². The minimum absolute atomic E-state index is 0.0332. The molecule has 1 aromatic heterocycles. The second kappa shape index (κ2) is 7.80. The van der Waals surface area contributed by atoms with Crippen molar-refractivity contribution in [2.75, 3.05) is 13.2 Å². The number of β-amino-alcohol motifs (C(OH)–C–C–N with tert-alkyl or cyclic N) is 1. The summed E-state index contributed by atoms with van der Waals surface area (Å²) in [6.45, 7) is 11.5. The average Bonchev–Trinajstić information content (AvgIpc) is 3.18. The first-order valence-electron chi connectivity index (χ1n) is 10.0. The Kier molecular flexibility index (Phi) is 5.69. The molecule has 1 aromatic carbocycles. The lowest BCUT2D eigenvalue weighted by Crippen LogP contribution is -2.42. The van der Waals surface area contributed by atoms with Gasteiger partial charge in [0.2, 0.25) is 0 Å². The van der Waals surface area contributed by atoms with E-state index >= 15 is 0 Å². The van der Waals surface area contributed by atoms with E-state index < -0.39 is 23.6 Å². The summed E-state index contributed by atoms with van der Waals surface area (Å²) in [6.07, 6.45) is -1.03. The number of amides is 3. The Morgan fingerprint density at radius 3 is 2.47 bits per heavy atom. The summed E-state index contributed by atoms with van der Waals surface area (Å²) in [5.41, 5.74) is 0.904. The van der Waals surface area contributed by atoms with Crippen molar-refractivity contribution < 1.29 is 23.8 Å². The van der Waals surface area contributed by atoms with Crippen molar-refractivity contribution in [1.82, 2.24) is 10.2 Å². The number of aryl methyl sites for hydroxylation is 2. The number of furan rings is 1. The minimum atomic E-state index is -1.29. The summed E-state index contributed by atoms with van der Waals surface area (Å²) in [5.74, 6) is 1.20. The van der Waals surface area contributed by atoms with Crippen LogP contribution in [-0.2, 0) is 15.7 Å². The first-order chi connectivity index (χ1) is 13.9. The van der Waals surface area contributed by atoms with Crippen LogP contribution in [-0.4, -0.2) is 41.2 Å². The van der Waals surface area contributed by atoms with Crippen molar-refractivity contribution in [2.24, 2.45) is 0 Å². The molecule has 2 unspecified atom stereocenters. The molecule has 2 atom stereocenters. The molecule has 3 amide bonds. The predicted octanol–water partition coefficient (Wildman–Crippen LogP) is 3.40. The lowest BCUT2D eigenvalue weighted by atomic mass is 9.86. The highest BCUT2D eigenvalue weighted by molar-refractivity contribution is 6.06. The van der Waals surface area contributed by atoms with E-state index in [2.05, 4.69) is 32.2 Å². The number of urea groups is 1. The van der Waals surface area contributed by atoms with Crippen molar-refractivity contribution in [2.45, 2.75) is 58.6 Å². The maximum absolute atomic E-state index is 12.9. The highest BCUT2D eigenvalue weighted by Gasteiger charge is 2.51. The second-order valence-corrected chi connectivity index (χ2v) is 9.08. The van der Waals surface area contributed by atoms with Gasteiger partial charge in [-0.2, -0.15) is 0 Å². The Morgan fingerprint density at radius 2 is 1.90 bits per heavy atom. The van der Waals surface area contributed by atoms with Crippen LogP contribution >= 0.6 is 0 Å². The molecule has 162 valence electrons. The van der Waals surface area contributed by atoms with Gasteiger partial charge in [-0.1, -0.05) is 32.9 Å². The highest BCUT2D eigenvalue weighted by Crippen LogP contribution is 2.30. The van der Waals surface area contributed by atoms with E-state index in [-0.39, 0.29) is 18.6 Å².